The molecule has 3 heteroatoms. The molecule has 2 saturated carbocycles. The Morgan fingerprint density at radius 2 is 1.79 bits per heavy atom. The maximum atomic E-state index is 5.07. The summed E-state index contributed by atoms with van der Waals surface area (Å²) in [5, 5.41) is 4.94. The molecule has 0 atom stereocenters. The summed E-state index contributed by atoms with van der Waals surface area (Å²) in [6, 6.07) is 0. The monoisotopic (exact) mass is 278 g/mol. The Bertz CT molecular complexity index is 401. The maximum Gasteiger partial charge on any atom is 0.0962 e. The van der Waals surface area contributed by atoms with Gasteiger partial charge in [0.1, 0.15) is 0 Å². The van der Waals surface area contributed by atoms with Gasteiger partial charge in [-0.1, -0.05) is 32.6 Å². The SMILES string of the molecule is CCNCc1sc(C2CCCCCC2)nc1C1CC1. The van der Waals surface area contributed by atoms with E-state index in [9.17, 15) is 0 Å². The predicted molar refractivity (Wildman–Crippen MR) is 81.9 cm³/mol. The van der Waals surface area contributed by atoms with Crippen LogP contribution in [0.5, 0.6) is 0 Å². The highest BCUT2D eigenvalue weighted by Crippen LogP contribution is 2.44. The number of aromatic nitrogens is 1. The molecule has 2 nitrogen and oxygen atoms in total. The molecular weight excluding hydrogens is 252 g/mol. The second-order valence-electron chi connectivity index (χ2n) is 6.10. The Balaban J connectivity index is 1.76. The van der Waals surface area contributed by atoms with Crippen molar-refractivity contribution in [1.82, 2.24) is 10.3 Å². The van der Waals surface area contributed by atoms with Gasteiger partial charge in [-0.3, -0.25) is 0 Å². The molecule has 19 heavy (non-hydrogen) atoms. The first-order valence-electron chi connectivity index (χ1n) is 8.08. The summed E-state index contributed by atoms with van der Waals surface area (Å²) in [6.45, 7) is 4.28. The quantitative estimate of drug-likeness (QED) is 0.798. The molecule has 0 aromatic carbocycles. The molecule has 1 aromatic heterocycles. The number of hydrogen-bond donors (Lipinski definition) is 1. The summed E-state index contributed by atoms with van der Waals surface area (Å²) < 4.78 is 0. The van der Waals surface area contributed by atoms with Gasteiger partial charge in [-0.15, -0.1) is 11.3 Å². The number of nitrogens with one attached hydrogen (secondary N) is 1. The second-order valence-corrected chi connectivity index (χ2v) is 7.22. The van der Waals surface area contributed by atoms with Crippen LogP contribution in [0.3, 0.4) is 0 Å². The van der Waals surface area contributed by atoms with E-state index in [4.69, 9.17) is 4.98 Å². The minimum Gasteiger partial charge on any atom is -0.312 e. The van der Waals surface area contributed by atoms with Crippen LogP contribution in [0.4, 0.5) is 0 Å². The molecule has 1 heterocycles. The van der Waals surface area contributed by atoms with Gasteiger partial charge in [0.15, 0.2) is 0 Å². The first kappa shape index (κ1) is 13.6. The van der Waals surface area contributed by atoms with Crippen LogP contribution >= 0.6 is 11.3 Å². The van der Waals surface area contributed by atoms with Gasteiger partial charge in [-0.2, -0.15) is 0 Å². The van der Waals surface area contributed by atoms with E-state index in [1.807, 2.05) is 11.3 Å². The van der Waals surface area contributed by atoms with Gasteiger partial charge in [0, 0.05) is 23.3 Å². The van der Waals surface area contributed by atoms with Crippen LogP contribution < -0.4 is 5.32 Å². The van der Waals surface area contributed by atoms with Crippen LogP contribution in [0.1, 0.15) is 85.7 Å². The van der Waals surface area contributed by atoms with Gasteiger partial charge in [-0.05, 0) is 32.2 Å². The standard InChI is InChI=1S/C16H26N2S/c1-2-17-11-14-15(12-9-10-12)18-16(19-14)13-7-5-3-4-6-8-13/h12-13,17H,2-11H2,1H3. The Labute approximate surface area is 121 Å². The molecule has 0 radical (unpaired) electrons. The van der Waals surface area contributed by atoms with Gasteiger partial charge in [0.2, 0.25) is 0 Å². The van der Waals surface area contributed by atoms with Gasteiger partial charge in [0.25, 0.3) is 0 Å². The highest BCUT2D eigenvalue weighted by Gasteiger charge is 2.30. The van der Waals surface area contributed by atoms with Crippen LogP contribution in [-0.4, -0.2) is 11.5 Å². The topological polar surface area (TPSA) is 24.9 Å². The number of nitrogens with zero attached hydrogens (tertiary/aromatic N) is 1. The smallest absolute Gasteiger partial charge is 0.0962 e. The first-order chi connectivity index (χ1) is 9.38. The van der Waals surface area contributed by atoms with Gasteiger partial charge < -0.3 is 5.32 Å². The zero-order valence-electron chi connectivity index (χ0n) is 12.1. The summed E-state index contributed by atoms with van der Waals surface area (Å²) >= 11 is 2.01. The Morgan fingerprint density at radius 3 is 2.42 bits per heavy atom. The minimum absolute atomic E-state index is 0.764. The highest BCUT2D eigenvalue weighted by molar-refractivity contribution is 7.11. The van der Waals surface area contributed by atoms with Crippen LogP contribution in [-0.2, 0) is 6.54 Å². The third-order valence-electron chi connectivity index (χ3n) is 4.45. The largest absolute Gasteiger partial charge is 0.312 e. The van der Waals surface area contributed by atoms with Crippen LogP contribution in [0.15, 0.2) is 0 Å². The molecule has 0 saturated heterocycles. The van der Waals surface area contributed by atoms with Crippen molar-refractivity contribution in [2.75, 3.05) is 6.54 Å². The fourth-order valence-corrected chi connectivity index (χ4v) is 4.41. The van der Waals surface area contributed by atoms with E-state index in [1.54, 1.807) is 0 Å². The lowest BCUT2D eigenvalue weighted by Crippen LogP contribution is -2.11. The lowest BCUT2D eigenvalue weighted by atomic mass is 10.0. The molecule has 0 amide bonds. The van der Waals surface area contributed by atoms with Crippen LogP contribution in [0.2, 0.25) is 0 Å². The van der Waals surface area contributed by atoms with Crippen molar-refractivity contribution in [3.05, 3.63) is 15.6 Å². The molecule has 0 unspecified atom stereocenters. The van der Waals surface area contributed by atoms with Crippen LogP contribution in [0.25, 0.3) is 0 Å². The maximum absolute atomic E-state index is 5.07. The predicted octanol–water partition coefficient (Wildman–Crippen LogP) is 4.57. The van der Waals surface area contributed by atoms with Crippen molar-refractivity contribution in [2.45, 2.75) is 76.7 Å². The molecule has 1 N–H and O–H groups in total. The fourth-order valence-electron chi connectivity index (χ4n) is 3.12. The molecular formula is C16H26N2S. The van der Waals surface area contributed by atoms with E-state index < -0.39 is 0 Å². The van der Waals surface area contributed by atoms with E-state index in [0.29, 0.717) is 0 Å². The van der Waals surface area contributed by atoms with E-state index >= 15 is 0 Å². The first-order valence-corrected chi connectivity index (χ1v) is 8.90. The summed E-state index contributed by atoms with van der Waals surface area (Å²) in [4.78, 5) is 6.60. The molecule has 2 fully saturated rings. The molecule has 0 bridgehead atoms. The van der Waals surface area contributed by atoms with E-state index in [2.05, 4.69) is 12.2 Å². The number of hydrogen-bond acceptors (Lipinski definition) is 3. The summed E-state index contributed by atoms with van der Waals surface area (Å²) in [7, 11) is 0. The third-order valence-corrected chi connectivity index (χ3v) is 5.68. The highest BCUT2D eigenvalue weighted by atomic mass is 32.1. The van der Waals surface area contributed by atoms with Crippen molar-refractivity contribution in [3.63, 3.8) is 0 Å². The minimum atomic E-state index is 0.764. The van der Waals surface area contributed by atoms with Crippen molar-refractivity contribution >= 4 is 11.3 Å². The fraction of sp³-hybridized carbons (Fsp3) is 0.812. The number of rotatable bonds is 5. The van der Waals surface area contributed by atoms with Crippen molar-refractivity contribution < 1.29 is 0 Å². The molecule has 2 aliphatic rings. The summed E-state index contributed by atoms with van der Waals surface area (Å²) in [5.74, 6) is 1.56. The molecule has 1 aromatic rings. The molecule has 0 aliphatic heterocycles. The van der Waals surface area contributed by atoms with E-state index in [0.717, 1.165) is 24.9 Å². The van der Waals surface area contributed by atoms with Crippen molar-refractivity contribution in [2.24, 2.45) is 0 Å². The summed E-state index contributed by atoms with van der Waals surface area (Å²) in [5.41, 5.74) is 1.45. The molecule has 2 aliphatic carbocycles. The summed E-state index contributed by atoms with van der Waals surface area (Å²) in [6.07, 6.45) is 11.2. The van der Waals surface area contributed by atoms with E-state index in [1.165, 1.54) is 66.9 Å². The molecule has 0 spiro atoms. The van der Waals surface area contributed by atoms with Crippen LogP contribution in [0, 0.1) is 0 Å². The van der Waals surface area contributed by atoms with Gasteiger partial charge >= 0.3 is 0 Å². The second kappa shape index (κ2) is 6.36. The zero-order valence-corrected chi connectivity index (χ0v) is 12.9. The third kappa shape index (κ3) is 3.38. The average Bonchev–Trinajstić information content (AvgIpc) is 3.22. The lowest BCUT2D eigenvalue weighted by molar-refractivity contribution is 0.587. The Kier molecular flexibility index (Phi) is 4.54. The molecule has 106 valence electrons. The lowest BCUT2D eigenvalue weighted by Gasteiger charge is -2.09. The van der Waals surface area contributed by atoms with Gasteiger partial charge in [0.05, 0.1) is 10.7 Å². The average molecular weight is 278 g/mol. The number of thiazole rings is 1. The molecule has 3 rings (SSSR count). The Morgan fingerprint density at radius 1 is 1.05 bits per heavy atom. The van der Waals surface area contributed by atoms with E-state index in [-0.39, 0.29) is 0 Å². The normalized spacial score (nSPS) is 21.5. The zero-order chi connectivity index (χ0) is 13.1. The van der Waals surface area contributed by atoms with Crippen molar-refractivity contribution in [1.29, 1.82) is 0 Å². The van der Waals surface area contributed by atoms with Crippen molar-refractivity contribution in [3.8, 4) is 0 Å². The van der Waals surface area contributed by atoms with Gasteiger partial charge in [-0.25, -0.2) is 4.98 Å². The Hall–Kier alpha value is -0.410.